The fourth-order valence-electron chi connectivity index (χ4n) is 2.22. The molecule has 96 valence electrons. The van der Waals surface area contributed by atoms with Crippen molar-refractivity contribution in [2.75, 3.05) is 18.0 Å². The Morgan fingerprint density at radius 2 is 1.89 bits per heavy atom. The number of nitrogens with zero attached hydrogens (tertiary/aromatic N) is 3. The molecule has 0 saturated heterocycles. The number of aromatic nitrogens is 2. The molecule has 18 heavy (non-hydrogen) atoms. The van der Waals surface area contributed by atoms with E-state index in [1.807, 2.05) is 18.7 Å². The lowest BCUT2D eigenvalue weighted by atomic mass is 10.2. The number of hydrogen-bond donors (Lipinski definition) is 0. The van der Waals surface area contributed by atoms with Gasteiger partial charge in [-0.05, 0) is 32.9 Å². The molecule has 0 atom stereocenters. The van der Waals surface area contributed by atoms with Gasteiger partial charge in [0.05, 0.1) is 18.6 Å². The van der Waals surface area contributed by atoms with E-state index in [-0.39, 0.29) is 0 Å². The van der Waals surface area contributed by atoms with Crippen molar-refractivity contribution in [3.05, 3.63) is 40.1 Å². The Balaban J connectivity index is 2.87. The van der Waals surface area contributed by atoms with Crippen LogP contribution in [0.5, 0.6) is 0 Å². The maximum absolute atomic E-state index is 12.4. The molecule has 0 unspecified atom stereocenters. The third kappa shape index (κ3) is 1.72. The Labute approximate surface area is 105 Å². The van der Waals surface area contributed by atoms with Gasteiger partial charge in [-0.3, -0.25) is 4.90 Å². The molecule has 0 saturated carbocycles. The van der Waals surface area contributed by atoms with E-state index in [0.29, 0.717) is 35.6 Å². The van der Waals surface area contributed by atoms with E-state index in [1.54, 1.807) is 31.2 Å². The summed E-state index contributed by atoms with van der Waals surface area (Å²) in [6.45, 7) is 7.00. The maximum atomic E-state index is 12.4. The van der Waals surface area contributed by atoms with Gasteiger partial charge in [-0.1, -0.05) is 17.0 Å². The van der Waals surface area contributed by atoms with Crippen LogP contribution in [0.3, 0.4) is 0 Å². The van der Waals surface area contributed by atoms with Gasteiger partial charge >= 0.3 is 5.82 Å². The van der Waals surface area contributed by atoms with E-state index >= 15 is 0 Å². The number of rotatable bonds is 3. The third-order valence-corrected chi connectivity index (χ3v) is 3.20. The average Bonchev–Trinajstić information content (AvgIpc) is 2.41. The van der Waals surface area contributed by atoms with Crippen molar-refractivity contribution in [2.24, 2.45) is 0 Å². The highest BCUT2D eigenvalue weighted by molar-refractivity contribution is 5.73. The van der Waals surface area contributed by atoms with Crippen molar-refractivity contribution < 1.29 is 4.43 Å². The Morgan fingerprint density at radius 3 is 2.50 bits per heavy atom. The summed E-state index contributed by atoms with van der Waals surface area (Å²) in [5.41, 5.74) is 1.24. The van der Waals surface area contributed by atoms with Gasteiger partial charge in [0, 0.05) is 4.43 Å². The molecule has 1 aromatic carbocycles. The summed E-state index contributed by atoms with van der Waals surface area (Å²) in [5.74, 6) is 0.439. The molecule has 0 N–H and O–H groups in total. The summed E-state index contributed by atoms with van der Waals surface area (Å²) < 4.78 is 1.68. The van der Waals surface area contributed by atoms with Gasteiger partial charge in [-0.2, -0.15) is 0 Å². The van der Waals surface area contributed by atoms with Crippen molar-refractivity contribution >= 4 is 16.9 Å². The minimum Gasteiger partial charge on any atom is -0.805 e. The van der Waals surface area contributed by atoms with E-state index in [1.165, 1.54) is 0 Å². The fraction of sp³-hybridized carbons (Fsp3) is 0.385. The number of para-hydroxylation sites is 2. The first-order valence-electron chi connectivity index (χ1n) is 6.11. The average molecular weight is 247 g/mol. The van der Waals surface area contributed by atoms with Gasteiger partial charge in [0.2, 0.25) is 5.52 Å². The second-order valence-electron chi connectivity index (χ2n) is 4.16. The second kappa shape index (κ2) is 4.68. The number of benzene rings is 1. The van der Waals surface area contributed by atoms with Crippen LogP contribution in [-0.2, 0) is 0 Å². The minimum atomic E-state index is 0.403. The van der Waals surface area contributed by atoms with Crippen molar-refractivity contribution in [1.29, 1.82) is 0 Å². The molecule has 0 radical (unpaired) electrons. The smallest absolute Gasteiger partial charge is 0.341 e. The predicted molar refractivity (Wildman–Crippen MR) is 72.4 cm³/mol. The summed E-state index contributed by atoms with van der Waals surface area (Å²) in [5, 5.41) is 12.2. The van der Waals surface area contributed by atoms with Crippen molar-refractivity contribution in [3.63, 3.8) is 0 Å². The Bertz CT molecular complexity index is 630. The summed E-state index contributed by atoms with van der Waals surface area (Å²) >= 11 is 0. The summed E-state index contributed by atoms with van der Waals surface area (Å²) in [7, 11) is 0. The van der Waals surface area contributed by atoms with Crippen LogP contribution in [0.2, 0.25) is 0 Å². The Morgan fingerprint density at radius 1 is 1.28 bits per heavy atom. The van der Waals surface area contributed by atoms with Gasteiger partial charge in [0.25, 0.3) is 0 Å². The van der Waals surface area contributed by atoms with E-state index in [9.17, 15) is 10.1 Å². The molecule has 0 aliphatic heterocycles. The highest BCUT2D eigenvalue weighted by Gasteiger charge is 2.22. The normalized spacial score (nSPS) is 10.8. The molecule has 5 heteroatoms. The summed E-state index contributed by atoms with van der Waals surface area (Å²) in [6, 6.07) is 6.85. The topological polar surface area (TPSA) is 54.2 Å². The first-order valence-corrected chi connectivity index (χ1v) is 6.11. The molecule has 1 aromatic heterocycles. The molecule has 5 nitrogen and oxygen atoms in total. The number of anilines is 1. The molecule has 0 amide bonds. The quantitative estimate of drug-likeness (QED) is 0.780. The highest BCUT2D eigenvalue weighted by Crippen LogP contribution is 2.19. The molecule has 2 rings (SSSR count). The predicted octanol–water partition coefficient (Wildman–Crippen LogP) is 2.06. The Hall–Kier alpha value is -2.04. The van der Waals surface area contributed by atoms with Crippen LogP contribution in [0.4, 0.5) is 5.82 Å². The van der Waals surface area contributed by atoms with Crippen LogP contribution < -0.4 is 9.33 Å². The maximum Gasteiger partial charge on any atom is 0.341 e. The molecule has 0 spiro atoms. The zero-order valence-electron chi connectivity index (χ0n) is 10.9. The van der Waals surface area contributed by atoms with Crippen molar-refractivity contribution in [2.45, 2.75) is 20.8 Å². The van der Waals surface area contributed by atoms with Crippen LogP contribution in [0.15, 0.2) is 24.3 Å². The second-order valence-corrected chi connectivity index (χ2v) is 4.16. The molecule has 0 fully saturated rings. The SMILES string of the molecule is CCN(CC)c1c(C)n([O-])c2ccccc2[n+]1=O. The molecule has 0 aliphatic rings. The minimum absolute atomic E-state index is 0.403. The first-order chi connectivity index (χ1) is 8.61. The van der Waals surface area contributed by atoms with E-state index < -0.39 is 0 Å². The first kappa shape index (κ1) is 12.4. The molecule has 0 aliphatic carbocycles. The highest BCUT2D eigenvalue weighted by atomic mass is 16.5. The fourth-order valence-corrected chi connectivity index (χ4v) is 2.22. The third-order valence-electron chi connectivity index (χ3n) is 3.20. The van der Waals surface area contributed by atoms with E-state index in [0.717, 1.165) is 9.16 Å². The van der Waals surface area contributed by atoms with Crippen LogP contribution in [-0.4, -0.2) is 17.8 Å². The molecular weight excluding hydrogens is 230 g/mol. The molecule has 0 bridgehead atoms. The largest absolute Gasteiger partial charge is 0.805 e. The van der Waals surface area contributed by atoms with Gasteiger partial charge in [0.1, 0.15) is 5.69 Å². The summed E-state index contributed by atoms with van der Waals surface area (Å²) in [6.07, 6.45) is 0. The van der Waals surface area contributed by atoms with Crippen LogP contribution in [0.1, 0.15) is 19.5 Å². The van der Waals surface area contributed by atoms with E-state index in [2.05, 4.69) is 0 Å². The van der Waals surface area contributed by atoms with Crippen LogP contribution in [0.25, 0.3) is 11.0 Å². The molecule has 1 heterocycles. The lowest BCUT2D eigenvalue weighted by Gasteiger charge is -2.21. The zero-order chi connectivity index (χ0) is 13.3. The lowest BCUT2D eigenvalue weighted by molar-refractivity contribution is -0.451. The standard InChI is InChI=1S/C13H17N3O2/c1-4-14(5-2)13-10(3)15(17)11-8-6-7-9-12(11)16(13)18/h6-9H,4-5H2,1-3H3. The van der Waals surface area contributed by atoms with E-state index in [4.69, 9.17) is 0 Å². The van der Waals surface area contributed by atoms with Gasteiger partial charge in [0.15, 0.2) is 0 Å². The molecule has 2 aromatic rings. The monoisotopic (exact) mass is 247 g/mol. The van der Waals surface area contributed by atoms with Crippen molar-refractivity contribution in [1.82, 2.24) is 4.73 Å². The number of fused-ring (bicyclic) bond motifs is 1. The number of hydrogen-bond acceptors (Lipinski definition) is 3. The van der Waals surface area contributed by atoms with Crippen LogP contribution >= 0.6 is 0 Å². The molecular formula is C13H17N3O2. The summed E-state index contributed by atoms with van der Waals surface area (Å²) in [4.78, 5) is 14.3. The Kier molecular flexibility index (Phi) is 3.23. The lowest BCUT2D eigenvalue weighted by Crippen LogP contribution is -2.35. The van der Waals surface area contributed by atoms with Crippen LogP contribution in [0, 0.1) is 17.0 Å². The van der Waals surface area contributed by atoms with Crippen molar-refractivity contribution in [3.8, 4) is 0 Å². The van der Waals surface area contributed by atoms with Gasteiger partial charge in [-0.25, -0.2) is 0 Å². The van der Waals surface area contributed by atoms with Gasteiger partial charge in [-0.15, -0.1) is 0 Å². The zero-order valence-corrected chi connectivity index (χ0v) is 10.9. The van der Waals surface area contributed by atoms with Gasteiger partial charge < -0.3 is 9.94 Å².